The molecule has 0 heterocycles. The fourth-order valence-electron chi connectivity index (χ4n) is 2.37. The molecule has 0 saturated carbocycles. The van der Waals surface area contributed by atoms with E-state index in [-0.39, 0.29) is 11.9 Å². The lowest BCUT2D eigenvalue weighted by atomic mass is 10.0. The van der Waals surface area contributed by atoms with Crippen molar-refractivity contribution in [1.29, 1.82) is 0 Å². The summed E-state index contributed by atoms with van der Waals surface area (Å²) < 4.78 is 13.1. The van der Waals surface area contributed by atoms with Gasteiger partial charge in [-0.05, 0) is 55.2 Å². The second kappa shape index (κ2) is 6.56. The second-order valence-corrected chi connectivity index (χ2v) is 5.32. The van der Waals surface area contributed by atoms with Crippen LogP contribution >= 0.6 is 0 Å². The minimum Gasteiger partial charge on any atom is -0.378 e. The Bertz CT molecular complexity index is 560. The van der Waals surface area contributed by atoms with Gasteiger partial charge in [-0.15, -0.1) is 0 Å². The number of rotatable bonds is 5. The highest BCUT2D eigenvalue weighted by Gasteiger charge is 2.07. The predicted molar refractivity (Wildman–Crippen MR) is 83.6 cm³/mol. The summed E-state index contributed by atoms with van der Waals surface area (Å²) >= 11 is 0. The van der Waals surface area contributed by atoms with Gasteiger partial charge >= 0.3 is 0 Å². The van der Waals surface area contributed by atoms with E-state index in [1.165, 1.54) is 23.6 Å². The van der Waals surface area contributed by atoms with Crippen molar-refractivity contribution in [3.8, 4) is 0 Å². The summed E-state index contributed by atoms with van der Waals surface area (Å²) in [6.07, 6.45) is 2.29. The number of nitrogens with one attached hydrogen (secondary N) is 1. The van der Waals surface area contributed by atoms with Crippen LogP contribution < -0.4 is 5.32 Å². The van der Waals surface area contributed by atoms with Crippen molar-refractivity contribution in [2.75, 3.05) is 5.32 Å². The van der Waals surface area contributed by atoms with Gasteiger partial charge in [0.25, 0.3) is 0 Å². The first-order valence-corrected chi connectivity index (χ1v) is 7.21. The molecule has 1 atom stereocenters. The van der Waals surface area contributed by atoms with Gasteiger partial charge in [-0.25, -0.2) is 4.39 Å². The molecular weight excluding hydrogens is 249 g/mol. The van der Waals surface area contributed by atoms with E-state index in [4.69, 9.17) is 0 Å². The molecule has 2 rings (SSSR count). The molecular formula is C18H22FN. The third kappa shape index (κ3) is 3.60. The quantitative estimate of drug-likeness (QED) is 0.782. The molecule has 1 unspecified atom stereocenters. The Balaban J connectivity index is 2.09. The van der Waals surface area contributed by atoms with E-state index >= 15 is 0 Å². The van der Waals surface area contributed by atoms with Crippen LogP contribution in [0.5, 0.6) is 0 Å². The Labute approximate surface area is 120 Å². The molecule has 0 amide bonds. The SMILES string of the molecule is CCCc1ccc(C(C)Nc2ccc(F)cc2C)cc1. The lowest BCUT2D eigenvalue weighted by Crippen LogP contribution is -2.07. The van der Waals surface area contributed by atoms with Gasteiger partial charge in [-0.2, -0.15) is 0 Å². The summed E-state index contributed by atoms with van der Waals surface area (Å²) in [7, 11) is 0. The molecule has 0 saturated heterocycles. The van der Waals surface area contributed by atoms with Crippen LogP contribution in [0.25, 0.3) is 0 Å². The molecule has 0 bridgehead atoms. The Morgan fingerprint density at radius 2 is 1.80 bits per heavy atom. The zero-order chi connectivity index (χ0) is 14.5. The molecule has 0 aliphatic rings. The van der Waals surface area contributed by atoms with Crippen molar-refractivity contribution >= 4 is 5.69 Å². The van der Waals surface area contributed by atoms with Crippen molar-refractivity contribution in [1.82, 2.24) is 0 Å². The highest BCUT2D eigenvalue weighted by atomic mass is 19.1. The van der Waals surface area contributed by atoms with E-state index in [0.717, 1.165) is 17.7 Å². The molecule has 0 aromatic heterocycles. The van der Waals surface area contributed by atoms with Crippen LogP contribution in [0.15, 0.2) is 42.5 Å². The zero-order valence-electron chi connectivity index (χ0n) is 12.4. The first-order valence-electron chi connectivity index (χ1n) is 7.21. The number of anilines is 1. The van der Waals surface area contributed by atoms with Crippen LogP contribution in [0.2, 0.25) is 0 Å². The largest absolute Gasteiger partial charge is 0.378 e. The smallest absolute Gasteiger partial charge is 0.123 e. The van der Waals surface area contributed by atoms with E-state index in [0.29, 0.717) is 0 Å². The van der Waals surface area contributed by atoms with E-state index in [1.807, 2.05) is 6.92 Å². The number of hydrogen-bond donors (Lipinski definition) is 1. The molecule has 1 nitrogen and oxygen atoms in total. The third-order valence-electron chi connectivity index (χ3n) is 3.58. The minimum atomic E-state index is -0.190. The predicted octanol–water partition coefficient (Wildman–Crippen LogP) is 5.26. The molecule has 2 aromatic rings. The number of hydrogen-bond acceptors (Lipinski definition) is 1. The van der Waals surface area contributed by atoms with E-state index in [9.17, 15) is 4.39 Å². The standard InChI is InChI=1S/C18H22FN/c1-4-5-15-6-8-16(9-7-15)14(3)20-18-11-10-17(19)12-13(18)2/h6-12,14,20H,4-5H2,1-3H3. The molecule has 20 heavy (non-hydrogen) atoms. The van der Waals surface area contributed by atoms with Crippen molar-refractivity contribution in [3.63, 3.8) is 0 Å². The number of halogens is 1. The molecule has 106 valence electrons. The lowest BCUT2D eigenvalue weighted by molar-refractivity contribution is 0.626. The molecule has 2 heteroatoms. The van der Waals surface area contributed by atoms with E-state index in [2.05, 4.69) is 43.4 Å². The average Bonchev–Trinajstić information content (AvgIpc) is 2.43. The maximum atomic E-state index is 13.1. The van der Waals surface area contributed by atoms with Crippen LogP contribution in [-0.4, -0.2) is 0 Å². The molecule has 1 N–H and O–H groups in total. The maximum absolute atomic E-state index is 13.1. The average molecular weight is 271 g/mol. The molecule has 2 aromatic carbocycles. The summed E-state index contributed by atoms with van der Waals surface area (Å²) in [5.74, 6) is -0.190. The molecule has 0 spiro atoms. The Kier molecular flexibility index (Phi) is 4.78. The van der Waals surface area contributed by atoms with E-state index in [1.54, 1.807) is 12.1 Å². The Morgan fingerprint density at radius 3 is 2.40 bits per heavy atom. The summed E-state index contributed by atoms with van der Waals surface area (Å²) in [6.45, 7) is 6.23. The van der Waals surface area contributed by atoms with Crippen molar-refractivity contribution in [2.24, 2.45) is 0 Å². The lowest BCUT2D eigenvalue weighted by Gasteiger charge is -2.18. The van der Waals surface area contributed by atoms with Gasteiger partial charge in [0.1, 0.15) is 5.82 Å². The summed E-state index contributed by atoms with van der Waals surface area (Å²) in [4.78, 5) is 0. The summed E-state index contributed by atoms with van der Waals surface area (Å²) in [5.41, 5.74) is 4.53. The maximum Gasteiger partial charge on any atom is 0.123 e. The van der Waals surface area contributed by atoms with E-state index < -0.39 is 0 Å². The highest BCUT2D eigenvalue weighted by Crippen LogP contribution is 2.23. The fourth-order valence-corrected chi connectivity index (χ4v) is 2.37. The first-order chi connectivity index (χ1) is 9.60. The van der Waals surface area contributed by atoms with Gasteiger partial charge in [-0.3, -0.25) is 0 Å². The van der Waals surface area contributed by atoms with Crippen LogP contribution in [0.3, 0.4) is 0 Å². The van der Waals surface area contributed by atoms with Gasteiger partial charge < -0.3 is 5.32 Å². The zero-order valence-corrected chi connectivity index (χ0v) is 12.4. The Hall–Kier alpha value is -1.83. The van der Waals surface area contributed by atoms with Gasteiger partial charge in [0, 0.05) is 11.7 Å². The van der Waals surface area contributed by atoms with Gasteiger partial charge in [0.15, 0.2) is 0 Å². The topological polar surface area (TPSA) is 12.0 Å². The molecule has 0 aliphatic heterocycles. The molecule has 0 fully saturated rings. The van der Waals surface area contributed by atoms with Crippen molar-refractivity contribution in [3.05, 3.63) is 65.0 Å². The number of benzene rings is 2. The number of aryl methyl sites for hydroxylation is 2. The summed E-state index contributed by atoms with van der Waals surface area (Å²) in [5, 5.41) is 3.44. The van der Waals surface area contributed by atoms with Crippen molar-refractivity contribution in [2.45, 2.75) is 39.7 Å². The monoisotopic (exact) mass is 271 g/mol. The fraction of sp³-hybridized carbons (Fsp3) is 0.333. The third-order valence-corrected chi connectivity index (χ3v) is 3.58. The highest BCUT2D eigenvalue weighted by molar-refractivity contribution is 5.52. The minimum absolute atomic E-state index is 0.190. The first kappa shape index (κ1) is 14.6. The second-order valence-electron chi connectivity index (χ2n) is 5.32. The van der Waals surface area contributed by atoms with Crippen LogP contribution in [-0.2, 0) is 6.42 Å². The Morgan fingerprint density at radius 1 is 1.10 bits per heavy atom. The summed E-state index contributed by atoms with van der Waals surface area (Å²) in [6, 6.07) is 13.8. The van der Waals surface area contributed by atoms with Gasteiger partial charge in [0.05, 0.1) is 0 Å². The molecule has 0 aliphatic carbocycles. The molecule has 0 radical (unpaired) electrons. The van der Waals surface area contributed by atoms with Crippen LogP contribution in [0, 0.1) is 12.7 Å². The van der Waals surface area contributed by atoms with Crippen LogP contribution in [0.4, 0.5) is 10.1 Å². The van der Waals surface area contributed by atoms with Gasteiger partial charge in [0.2, 0.25) is 0 Å². The van der Waals surface area contributed by atoms with Gasteiger partial charge in [-0.1, -0.05) is 37.6 Å². The van der Waals surface area contributed by atoms with Crippen molar-refractivity contribution < 1.29 is 4.39 Å². The van der Waals surface area contributed by atoms with Crippen LogP contribution in [0.1, 0.15) is 43.0 Å². The normalized spacial score (nSPS) is 12.2.